The van der Waals surface area contributed by atoms with Gasteiger partial charge in [0, 0.05) is 13.7 Å². The van der Waals surface area contributed by atoms with Crippen molar-refractivity contribution >= 4 is 60.9 Å². The van der Waals surface area contributed by atoms with Gasteiger partial charge in [-0.05, 0) is 55.6 Å². The highest BCUT2D eigenvalue weighted by Crippen LogP contribution is 2.50. The van der Waals surface area contributed by atoms with E-state index in [9.17, 15) is 13.2 Å². The summed E-state index contributed by atoms with van der Waals surface area (Å²) in [5.41, 5.74) is -3.22. The highest BCUT2D eigenvalue weighted by atomic mass is 79.9. The van der Waals surface area contributed by atoms with Gasteiger partial charge >= 0.3 is 6.09 Å². The topological polar surface area (TPSA) is 97.3 Å². The molecule has 0 radical (unpaired) electrons. The minimum absolute atomic E-state index is 0.128. The number of carbonyl (C=O) groups is 1. The van der Waals surface area contributed by atoms with Crippen LogP contribution in [-0.2, 0) is 25.0 Å². The van der Waals surface area contributed by atoms with Gasteiger partial charge in [-0.15, -0.1) is 11.3 Å². The molecule has 2 aliphatic rings. The van der Waals surface area contributed by atoms with E-state index < -0.39 is 32.7 Å². The SMILES string of the molecule is CN1C(NC(=O)OC(C)(C)C)=N[C@@]2(c3sc(Br)cc3Cl)CCCOC2S1(=O)=O. The standard InChI is InChI=1S/C16H21BrClN3O5S2/c1-15(2,3)26-14(22)19-13-20-16(11-9(18)8-10(17)27-11)6-5-7-25-12(16)28(23,24)21(13)4/h8,12H,5-7H2,1-4H3,(H,19,20,22)/t12?,16-/m1/s1. The third-order valence-corrected chi connectivity index (χ3v) is 8.50. The molecule has 3 rings (SSSR count). The van der Waals surface area contributed by atoms with E-state index in [0.29, 0.717) is 29.3 Å². The van der Waals surface area contributed by atoms with Crippen LogP contribution in [-0.4, -0.2) is 49.5 Å². The molecule has 0 aromatic carbocycles. The van der Waals surface area contributed by atoms with Gasteiger partial charge in [0.15, 0.2) is 0 Å². The van der Waals surface area contributed by atoms with Gasteiger partial charge in [0.2, 0.25) is 11.4 Å². The van der Waals surface area contributed by atoms with E-state index >= 15 is 0 Å². The monoisotopic (exact) mass is 513 g/mol. The van der Waals surface area contributed by atoms with Crippen LogP contribution >= 0.6 is 38.9 Å². The van der Waals surface area contributed by atoms with Crippen LogP contribution in [0.3, 0.4) is 0 Å². The molecule has 28 heavy (non-hydrogen) atoms. The Labute approximate surface area is 181 Å². The summed E-state index contributed by atoms with van der Waals surface area (Å²) in [6.45, 7) is 5.44. The fourth-order valence-corrected chi connectivity index (χ4v) is 7.16. The molecule has 1 amide bonds. The summed E-state index contributed by atoms with van der Waals surface area (Å²) in [5, 5.41) is 2.86. The number of carbonyl (C=O) groups excluding carboxylic acids is 1. The van der Waals surface area contributed by atoms with Crippen LogP contribution in [0, 0.1) is 0 Å². The molecule has 1 aromatic rings. The Balaban J connectivity index is 2.12. The molecule has 8 nitrogen and oxygen atoms in total. The largest absolute Gasteiger partial charge is 0.444 e. The minimum Gasteiger partial charge on any atom is -0.444 e. The molecule has 3 heterocycles. The van der Waals surface area contributed by atoms with E-state index in [1.165, 1.54) is 18.4 Å². The van der Waals surface area contributed by atoms with Crippen molar-refractivity contribution < 1.29 is 22.7 Å². The molecular weight excluding hydrogens is 494 g/mol. The second-order valence-corrected chi connectivity index (χ2v) is 12.4. The summed E-state index contributed by atoms with van der Waals surface area (Å²) in [5.74, 6) is -0.128. The maximum atomic E-state index is 13.2. The number of nitrogens with zero attached hydrogens (tertiary/aromatic N) is 2. The van der Waals surface area contributed by atoms with Gasteiger partial charge in [-0.1, -0.05) is 11.6 Å². The van der Waals surface area contributed by atoms with Gasteiger partial charge in [0.05, 0.1) is 13.7 Å². The molecule has 0 spiro atoms. The molecular formula is C16H21BrClN3O5S2. The number of aliphatic imine (C=N–C) groups is 1. The number of ether oxygens (including phenoxy) is 2. The number of amides is 1. The Morgan fingerprint density at radius 3 is 2.79 bits per heavy atom. The number of fused-ring (bicyclic) bond motifs is 1. The Bertz CT molecular complexity index is 927. The van der Waals surface area contributed by atoms with Crippen molar-refractivity contribution in [3.63, 3.8) is 0 Å². The predicted molar refractivity (Wildman–Crippen MR) is 111 cm³/mol. The quantitative estimate of drug-likeness (QED) is 0.617. The number of hydrogen-bond donors (Lipinski definition) is 1. The highest BCUT2D eigenvalue weighted by Gasteiger charge is 2.57. The average Bonchev–Trinajstić information content (AvgIpc) is 2.90. The Kier molecular flexibility index (Phi) is 5.78. The van der Waals surface area contributed by atoms with Gasteiger partial charge in [-0.3, -0.25) is 5.32 Å². The number of halogens is 2. The summed E-state index contributed by atoms with van der Waals surface area (Å²) < 4.78 is 39.0. The van der Waals surface area contributed by atoms with E-state index in [1.807, 2.05) is 0 Å². The Morgan fingerprint density at radius 1 is 1.54 bits per heavy atom. The molecule has 156 valence electrons. The van der Waals surface area contributed by atoms with Gasteiger partial charge in [-0.2, -0.15) is 0 Å². The molecule has 12 heteroatoms. The van der Waals surface area contributed by atoms with Crippen LogP contribution in [0.1, 0.15) is 38.5 Å². The van der Waals surface area contributed by atoms with E-state index in [2.05, 4.69) is 26.2 Å². The van der Waals surface area contributed by atoms with Gasteiger partial charge in [0.1, 0.15) is 11.1 Å². The Hall–Kier alpha value is -0.880. The number of nitrogens with one attached hydrogen (secondary N) is 1. The van der Waals surface area contributed by atoms with Gasteiger partial charge < -0.3 is 9.47 Å². The second kappa shape index (κ2) is 7.42. The predicted octanol–water partition coefficient (Wildman–Crippen LogP) is 3.65. The molecule has 1 fully saturated rings. The van der Waals surface area contributed by atoms with Gasteiger partial charge in [-0.25, -0.2) is 22.5 Å². The number of hydrogen-bond acceptors (Lipinski definition) is 7. The fourth-order valence-electron chi connectivity index (χ4n) is 3.16. The molecule has 1 N–H and O–H groups in total. The summed E-state index contributed by atoms with van der Waals surface area (Å²) in [7, 11) is -2.65. The van der Waals surface area contributed by atoms with Crippen LogP contribution in [0.5, 0.6) is 0 Å². The number of rotatable bonds is 1. The number of guanidine groups is 1. The third-order valence-electron chi connectivity index (χ3n) is 4.28. The van der Waals surface area contributed by atoms with Crippen LogP contribution < -0.4 is 5.32 Å². The smallest absolute Gasteiger partial charge is 0.414 e. The first-order valence-electron chi connectivity index (χ1n) is 8.51. The summed E-state index contributed by atoms with van der Waals surface area (Å²) in [6.07, 6.45) is 0.221. The number of alkyl carbamates (subject to hydrolysis) is 1. The lowest BCUT2D eigenvalue weighted by Gasteiger charge is -2.45. The normalized spacial score (nSPS) is 27.0. The summed E-state index contributed by atoms with van der Waals surface area (Å²) >= 11 is 11.1. The zero-order valence-electron chi connectivity index (χ0n) is 15.8. The zero-order valence-corrected chi connectivity index (χ0v) is 19.8. The van der Waals surface area contributed by atoms with Crippen molar-refractivity contribution in [3.05, 3.63) is 19.8 Å². The van der Waals surface area contributed by atoms with E-state index in [-0.39, 0.29) is 5.96 Å². The zero-order chi connectivity index (χ0) is 20.9. The van der Waals surface area contributed by atoms with Crippen LogP contribution in [0.25, 0.3) is 0 Å². The lowest BCUT2D eigenvalue weighted by atomic mass is 9.91. The number of sulfonamides is 1. The maximum absolute atomic E-state index is 13.2. The van der Waals surface area contributed by atoms with E-state index in [4.69, 9.17) is 21.1 Å². The van der Waals surface area contributed by atoms with Crippen molar-refractivity contribution in [2.24, 2.45) is 4.99 Å². The van der Waals surface area contributed by atoms with Crippen molar-refractivity contribution in [1.82, 2.24) is 9.62 Å². The molecule has 0 aliphatic carbocycles. The maximum Gasteiger partial charge on any atom is 0.414 e. The first-order chi connectivity index (χ1) is 12.9. The van der Waals surface area contributed by atoms with Crippen molar-refractivity contribution in [3.8, 4) is 0 Å². The molecule has 1 unspecified atom stereocenters. The molecule has 1 aromatic heterocycles. The van der Waals surface area contributed by atoms with E-state index in [0.717, 1.165) is 8.09 Å². The highest BCUT2D eigenvalue weighted by molar-refractivity contribution is 9.11. The second-order valence-electron chi connectivity index (χ2n) is 7.53. The molecule has 1 saturated heterocycles. The molecule has 2 atom stereocenters. The third kappa shape index (κ3) is 3.91. The fraction of sp³-hybridized carbons (Fsp3) is 0.625. The molecule has 0 saturated carbocycles. The van der Waals surface area contributed by atoms with Crippen LogP contribution in [0.15, 0.2) is 14.8 Å². The van der Waals surface area contributed by atoms with Crippen LogP contribution in [0.4, 0.5) is 4.79 Å². The van der Waals surface area contributed by atoms with Crippen molar-refractivity contribution in [1.29, 1.82) is 0 Å². The van der Waals surface area contributed by atoms with Crippen molar-refractivity contribution in [2.45, 2.75) is 50.2 Å². The Morgan fingerprint density at radius 2 is 2.21 bits per heavy atom. The first-order valence-corrected chi connectivity index (χ1v) is 12.0. The summed E-state index contributed by atoms with van der Waals surface area (Å²) in [4.78, 5) is 17.5. The molecule has 2 aliphatic heterocycles. The number of thiophene rings is 1. The van der Waals surface area contributed by atoms with Crippen molar-refractivity contribution in [2.75, 3.05) is 13.7 Å². The lowest BCUT2D eigenvalue weighted by Crippen LogP contribution is -2.61. The lowest BCUT2D eigenvalue weighted by molar-refractivity contribution is 0.00288. The first kappa shape index (κ1) is 21.8. The van der Waals surface area contributed by atoms with E-state index in [1.54, 1.807) is 26.8 Å². The minimum atomic E-state index is -3.97. The van der Waals surface area contributed by atoms with Crippen LogP contribution in [0.2, 0.25) is 5.02 Å². The van der Waals surface area contributed by atoms with Gasteiger partial charge in [0.25, 0.3) is 10.0 Å². The average molecular weight is 515 g/mol. The summed E-state index contributed by atoms with van der Waals surface area (Å²) in [6, 6.07) is 1.70. The molecule has 0 bridgehead atoms.